The summed E-state index contributed by atoms with van der Waals surface area (Å²) < 4.78 is 4.87. The topological polar surface area (TPSA) is 196 Å². The number of amides is 2. The Hall–Kier alpha value is -4.48. The number of aliphatic hydroxyl groups excluding tert-OH is 2. The molecule has 0 saturated heterocycles. The number of hydrogen-bond donors (Lipinski definition) is 6. The van der Waals surface area contributed by atoms with Crippen molar-refractivity contribution in [2.45, 2.75) is 32.3 Å². The SMILES string of the molecule is COCC(=O)Nc1cccc(-c2ccc(O)c3c2C[C@H]2C[C@H]4[C@H](C(C)C)C(=O)C(C(N)=O)=C(O)[C@@]4(O)C(=O)C2=C3O)c1. The van der Waals surface area contributed by atoms with Crippen LogP contribution in [0.15, 0.2) is 53.3 Å². The van der Waals surface area contributed by atoms with Crippen LogP contribution < -0.4 is 11.1 Å². The van der Waals surface area contributed by atoms with Gasteiger partial charge in [-0.1, -0.05) is 32.0 Å². The highest BCUT2D eigenvalue weighted by Gasteiger charge is 2.64. The Morgan fingerprint density at radius 2 is 1.86 bits per heavy atom. The first-order chi connectivity index (χ1) is 19.8. The first-order valence-electron chi connectivity index (χ1n) is 13.5. The zero-order valence-corrected chi connectivity index (χ0v) is 23.3. The summed E-state index contributed by atoms with van der Waals surface area (Å²) in [6, 6.07) is 9.98. The summed E-state index contributed by atoms with van der Waals surface area (Å²) >= 11 is 0. The number of hydrogen-bond acceptors (Lipinski definition) is 9. The first kappa shape index (κ1) is 29.0. The highest BCUT2D eigenvalue weighted by atomic mass is 16.5. The molecule has 0 spiro atoms. The van der Waals surface area contributed by atoms with Crippen molar-refractivity contribution >= 4 is 34.8 Å². The van der Waals surface area contributed by atoms with Crippen LogP contribution in [0.3, 0.4) is 0 Å². The van der Waals surface area contributed by atoms with E-state index < -0.39 is 63.8 Å². The van der Waals surface area contributed by atoms with Gasteiger partial charge in [0.15, 0.2) is 11.4 Å². The first-order valence-corrected chi connectivity index (χ1v) is 13.5. The molecule has 4 atom stereocenters. The highest BCUT2D eigenvalue weighted by Crippen LogP contribution is 2.55. The quantitative estimate of drug-likeness (QED) is 0.280. The van der Waals surface area contributed by atoms with Crippen LogP contribution in [0.1, 0.15) is 31.4 Å². The third-order valence-electron chi connectivity index (χ3n) is 8.59. The Morgan fingerprint density at radius 3 is 2.50 bits per heavy atom. The molecule has 1 saturated carbocycles. The van der Waals surface area contributed by atoms with Gasteiger partial charge in [0, 0.05) is 30.2 Å². The number of ether oxygens (including phenoxy) is 1. The van der Waals surface area contributed by atoms with Crippen molar-refractivity contribution in [1.82, 2.24) is 0 Å². The maximum atomic E-state index is 14.0. The Morgan fingerprint density at radius 1 is 1.14 bits per heavy atom. The number of phenols is 1. The van der Waals surface area contributed by atoms with Gasteiger partial charge in [0.1, 0.15) is 29.4 Å². The molecule has 0 heterocycles. The lowest BCUT2D eigenvalue weighted by atomic mass is 9.54. The molecule has 42 heavy (non-hydrogen) atoms. The van der Waals surface area contributed by atoms with E-state index in [1.54, 1.807) is 44.2 Å². The van der Waals surface area contributed by atoms with Gasteiger partial charge < -0.3 is 36.2 Å². The molecule has 11 nitrogen and oxygen atoms in total. The van der Waals surface area contributed by atoms with Crippen molar-refractivity contribution in [3.63, 3.8) is 0 Å². The second kappa shape index (κ2) is 10.4. The minimum Gasteiger partial charge on any atom is -0.508 e. The standard InChI is InChI=1S/C31H32N2O9/c1-13(2)22-19-11-15-10-18-17(14-5-4-6-16(9-14)33-21(35)12-42-3)7-8-20(34)24(18)27(37)23(15)28(38)31(19,41)29(39)25(26(22)36)30(32)40/h4-9,13,15,19,22,34,37,39,41H,10-12H2,1-3H3,(H2,32,40)(H,33,35)/t15-,19-,22-,31-/m0/s1. The van der Waals surface area contributed by atoms with E-state index in [2.05, 4.69) is 5.32 Å². The van der Waals surface area contributed by atoms with E-state index in [9.17, 15) is 39.6 Å². The number of nitrogens with two attached hydrogens (primary N) is 1. The lowest BCUT2D eigenvalue weighted by Crippen LogP contribution is -2.62. The van der Waals surface area contributed by atoms with E-state index in [0.717, 1.165) is 0 Å². The van der Waals surface area contributed by atoms with E-state index in [1.807, 2.05) is 0 Å². The number of ketones is 2. The van der Waals surface area contributed by atoms with Crippen LogP contribution in [0.5, 0.6) is 5.75 Å². The van der Waals surface area contributed by atoms with E-state index in [4.69, 9.17) is 10.5 Å². The maximum Gasteiger partial charge on any atom is 0.255 e. The number of aliphatic hydroxyl groups is 3. The molecule has 0 aliphatic heterocycles. The van der Waals surface area contributed by atoms with E-state index in [1.165, 1.54) is 13.2 Å². The van der Waals surface area contributed by atoms with Crippen molar-refractivity contribution in [3.8, 4) is 16.9 Å². The number of benzene rings is 2. The molecule has 3 aliphatic carbocycles. The predicted molar refractivity (Wildman–Crippen MR) is 151 cm³/mol. The number of fused-ring (bicyclic) bond motifs is 3. The fourth-order valence-corrected chi connectivity index (χ4v) is 6.85. The predicted octanol–water partition coefficient (Wildman–Crippen LogP) is 2.56. The molecule has 3 aliphatic rings. The van der Waals surface area contributed by atoms with Crippen LogP contribution in [-0.4, -0.2) is 63.1 Å². The summed E-state index contributed by atoms with van der Waals surface area (Å²) in [6.07, 6.45) is 0.178. The molecular weight excluding hydrogens is 544 g/mol. The van der Waals surface area contributed by atoms with Crippen LogP contribution in [0.25, 0.3) is 16.9 Å². The molecule has 0 bridgehead atoms. The molecule has 2 aromatic rings. The van der Waals surface area contributed by atoms with Crippen LogP contribution in [0.2, 0.25) is 0 Å². The third kappa shape index (κ3) is 4.27. The third-order valence-corrected chi connectivity index (χ3v) is 8.59. The monoisotopic (exact) mass is 576 g/mol. The number of carbonyl (C=O) groups is 4. The Labute approximate surface area is 241 Å². The summed E-state index contributed by atoms with van der Waals surface area (Å²) in [5, 5.41) is 47.8. The largest absolute Gasteiger partial charge is 0.508 e. The Balaban J connectivity index is 1.66. The van der Waals surface area contributed by atoms with Crippen molar-refractivity contribution in [3.05, 3.63) is 64.4 Å². The molecular formula is C31H32N2O9. The van der Waals surface area contributed by atoms with E-state index in [0.29, 0.717) is 22.4 Å². The number of Topliss-reactive ketones (excluding diaryl/α,β-unsaturated/α-hetero) is 2. The summed E-state index contributed by atoms with van der Waals surface area (Å²) in [7, 11) is 1.41. The Kier molecular flexibility index (Phi) is 7.20. The number of nitrogens with one attached hydrogen (secondary N) is 1. The number of aromatic hydroxyl groups is 1. The number of primary amides is 1. The highest BCUT2D eigenvalue weighted by molar-refractivity contribution is 6.23. The van der Waals surface area contributed by atoms with E-state index >= 15 is 0 Å². The zero-order valence-electron chi connectivity index (χ0n) is 23.3. The lowest BCUT2D eigenvalue weighted by molar-refractivity contribution is -0.155. The second-order valence-corrected chi connectivity index (χ2v) is 11.4. The summed E-state index contributed by atoms with van der Waals surface area (Å²) in [5.74, 6) is -8.57. The molecule has 0 aromatic heterocycles. The minimum absolute atomic E-state index is 0.00568. The molecule has 0 unspecified atom stereocenters. The summed E-state index contributed by atoms with van der Waals surface area (Å²) in [5.41, 5.74) is 4.00. The average molecular weight is 577 g/mol. The van der Waals surface area contributed by atoms with Gasteiger partial charge in [0.2, 0.25) is 11.7 Å². The minimum atomic E-state index is -2.66. The normalized spacial score (nSPS) is 25.2. The van der Waals surface area contributed by atoms with Crippen molar-refractivity contribution < 1.29 is 44.3 Å². The fraction of sp³-hybridized carbons (Fsp3) is 0.355. The molecule has 5 rings (SSSR count). The van der Waals surface area contributed by atoms with Gasteiger partial charge in [-0.25, -0.2) is 0 Å². The van der Waals surface area contributed by atoms with Crippen LogP contribution in [0.4, 0.5) is 5.69 Å². The van der Waals surface area contributed by atoms with Crippen molar-refractivity contribution in [1.29, 1.82) is 0 Å². The molecule has 1 fully saturated rings. The van der Waals surface area contributed by atoms with Gasteiger partial charge in [-0.15, -0.1) is 0 Å². The summed E-state index contributed by atoms with van der Waals surface area (Å²) in [4.78, 5) is 51.5. The number of rotatable bonds is 6. The fourth-order valence-electron chi connectivity index (χ4n) is 6.85. The molecule has 0 radical (unpaired) electrons. The molecule has 2 amide bonds. The van der Waals surface area contributed by atoms with Crippen LogP contribution in [-0.2, 0) is 30.3 Å². The zero-order chi connectivity index (χ0) is 30.7. The van der Waals surface area contributed by atoms with Crippen LogP contribution >= 0.6 is 0 Å². The van der Waals surface area contributed by atoms with Gasteiger partial charge >= 0.3 is 0 Å². The Bertz CT molecular complexity index is 1610. The van der Waals surface area contributed by atoms with E-state index in [-0.39, 0.29) is 42.2 Å². The molecule has 220 valence electrons. The molecule has 7 N–H and O–H groups in total. The molecule has 11 heteroatoms. The number of anilines is 1. The number of methoxy groups -OCH3 is 1. The number of phenolic OH excluding ortho intramolecular Hbond substituents is 1. The van der Waals surface area contributed by atoms with Crippen LogP contribution in [0, 0.1) is 23.7 Å². The second-order valence-electron chi connectivity index (χ2n) is 11.4. The maximum absolute atomic E-state index is 14.0. The van der Waals surface area contributed by atoms with Crippen molar-refractivity contribution in [2.24, 2.45) is 29.4 Å². The van der Waals surface area contributed by atoms with Gasteiger partial charge in [0.05, 0.1) is 5.56 Å². The van der Waals surface area contributed by atoms with Gasteiger partial charge in [0.25, 0.3) is 5.91 Å². The summed E-state index contributed by atoms with van der Waals surface area (Å²) in [6.45, 7) is 3.29. The smallest absolute Gasteiger partial charge is 0.255 e. The lowest BCUT2D eigenvalue weighted by Gasteiger charge is -2.50. The molecule has 2 aromatic carbocycles. The van der Waals surface area contributed by atoms with Gasteiger partial charge in [-0.05, 0) is 59.6 Å². The number of carbonyl (C=O) groups excluding carboxylic acids is 4. The van der Waals surface area contributed by atoms with Gasteiger partial charge in [-0.3, -0.25) is 19.2 Å². The average Bonchev–Trinajstić information content (AvgIpc) is 2.90. The van der Waals surface area contributed by atoms with Crippen molar-refractivity contribution in [2.75, 3.05) is 19.0 Å². The van der Waals surface area contributed by atoms with Gasteiger partial charge in [-0.2, -0.15) is 0 Å².